The van der Waals surface area contributed by atoms with Crippen molar-refractivity contribution >= 4 is 12.6 Å². The second-order valence-electron chi connectivity index (χ2n) is 10.2. The van der Waals surface area contributed by atoms with Crippen molar-refractivity contribution < 1.29 is 18.3 Å². The molecule has 3 aliphatic carbocycles. The quantitative estimate of drug-likeness (QED) is 0.481. The highest BCUT2D eigenvalue weighted by molar-refractivity contribution is 7.80. The molecule has 170 valence electrons. The third kappa shape index (κ3) is 5.32. The second-order valence-corrected chi connectivity index (χ2v) is 11.0. The van der Waals surface area contributed by atoms with E-state index in [2.05, 4.69) is 25.6 Å². The number of halogens is 2. The lowest BCUT2D eigenvalue weighted by atomic mass is 9.71. The van der Waals surface area contributed by atoms with Gasteiger partial charge >= 0.3 is 0 Å². The Morgan fingerprint density at radius 3 is 2.20 bits per heavy atom. The number of thiol groups is 1. The van der Waals surface area contributed by atoms with Gasteiger partial charge in [0.1, 0.15) is 5.83 Å². The molecular weight excluding hydrogens is 402 g/mol. The Hall–Kier alpha value is -0.390. The number of hydrogen-bond acceptors (Lipinski definition) is 3. The lowest BCUT2D eigenvalue weighted by molar-refractivity contribution is -0.228. The van der Waals surface area contributed by atoms with Gasteiger partial charge in [-0.1, -0.05) is 13.0 Å². The van der Waals surface area contributed by atoms with Gasteiger partial charge in [-0.25, -0.2) is 4.39 Å². The first-order chi connectivity index (χ1) is 14.5. The van der Waals surface area contributed by atoms with Gasteiger partial charge in [0.15, 0.2) is 6.29 Å². The molecule has 0 aromatic carbocycles. The van der Waals surface area contributed by atoms with Crippen molar-refractivity contribution in [2.24, 2.45) is 35.5 Å². The normalized spacial score (nSPS) is 41.7. The smallest absolute Gasteiger partial charge is 0.160 e. The summed E-state index contributed by atoms with van der Waals surface area (Å²) >= 11 is 4.51. The molecule has 5 heteroatoms. The summed E-state index contributed by atoms with van der Waals surface area (Å²) in [7, 11) is 0. The highest BCUT2D eigenvalue weighted by Crippen LogP contribution is 2.44. The van der Waals surface area contributed by atoms with Crippen LogP contribution in [0.2, 0.25) is 0 Å². The van der Waals surface area contributed by atoms with Gasteiger partial charge in [-0.3, -0.25) is 4.39 Å². The Morgan fingerprint density at radius 1 is 1.00 bits per heavy atom. The van der Waals surface area contributed by atoms with Crippen molar-refractivity contribution in [3.8, 4) is 0 Å². The molecule has 0 aromatic rings. The van der Waals surface area contributed by atoms with Crippen LogP contribution < -0.4 is 0 Å². The number of ether oxygens (including phenoxy) is 2. The monoisotopic (exact) mass is 440 g/mol. The zero-order chi connectivity index (χ0) is 21.1. The van der Waals surface area contributed by atoms with E-state index in [4.69, 9.17) is 9.47 Å². The molecule has 4 rings (SSSR count). The van der Waals surface area contributed by atoms with Crippen LogP contribution in [0.1, 0.15) is 64.7 Å². The third-order valence-corrected chi connectivity index (χ3v) is 8.61. The summed E-state index contributed by atoms with van der Waals surface area (Å²) in [5.41, 5.74) is 0.911. The van der Waals surface area contributed by atoms with E-state index in [1.165, 1.54) is 0 Å². The average molecular weight is 441 g/mol. The van der Waals surface area contributed by atoms with E-state index in [-0.39, 0.29) is 24.7 Å². The molecule has 0 spiro atoms. The molecule has 1 saturated heterocycles. The van der Waals surface area contributed by atoms with E-state index in [0.717, 1.165) is 76.6 Å². The van der Waals surface area contributed by atoms with Crippen LogP contribution in [-0.2, 0) is 9.47 Å². The number of alkyl halides is 1. The minimum Gasteiger partial charge on any atom is -0.352 e. The predicted molar refractivity (Wildman–Crippen MR) is 120 cm³/mol. The third-order valence-electron chi connectivity index (χ3n) is 8.19. The van der Waals surface area contributed by atoms with Crippen LogP contribution in [0.4, 0.5) is 8.78 Å². The Labute approximate surface area is 186 Å². The van der Waals surface area contributed by atoms with Gasteiger partial charge in [-0.15, -0.1) is 0 Å². The maximum Gasteiger partial charge on any atom is 0.160 e. The topological polar surface area (TPSA) is 18.5 Å². The minimum atomic E-state index is -0.222. The molecular formula is C25H38F2O2S. The van der Waals surface area contributed by atoms with E-state index in [9.17, 15) is 8.78 Å². The van der Waals surface area contributed by atoms with E-state index >= 15 is 0 Å². The van der Waals surface area contributed by atoms with Gasteiger partial charge in [0.25, 0.3) is 0 Å². The van der Waals surface area contributed by atoms with Crippen LogP contribution in [0, 0.1) is 35.5 Å². The van der Waals surface area contributed by atoms with Gasteiger partial charge < -0.3 is 9.47 Å². The molecule has 0 bridgehead atoms. The largest absolute Gasteiger partial charge is 0.352 e. The van der Waals surface area contributed by atoms with Crippen molar-refractivity contribution in [3.63, 3.8) is 0 Å². The van der Waals surface area contributed by atoms with Crippen LogP contribution in [0.5, 0.6) is 0 Å². The number of rotatable bonds is 5. The fourth-order valence-electron chi connectivity index (χ4n) is 5.96. The van der Waals surface area contributed by atoms with E-state index < -0.39 is 0 Å². The van der Waals surface area contributed by atoms with Crippen molar-refractivity contribution in [1.29, 1.82) is 0 Å². The molecule has 4 aliphatic rings. The van der Waals surface area contributed by atoms with E-state index in [0.29, 0.717) is 34.8 Å². The summed E-state index contributed by atoms with van der Waals surface area (Å²) in [6.45, 7) is 3.36. The molecule has 0 N–H and O–H groups in total. The van der Waals surface area contributed by atoms with Crippen LogP contribution in [0.15, 0.2) is 23.6 Å². The Bertz CT molecular complexity index is 611. The summed E-state index contributed by atoms with van der Waals surface area (Å²) in [5.74, 6) is 2.22. The van der Waals surface area contributed by atoms with Crippen LogP contribution in [-0.4, -0.2) is 31.4 Å². The van der Waals surface area contributed by atoms with Crippen molar-refractivity contribution in [2.75, 3.05) is 19.9 Å². The molecule has 1 aliphatic heterocycles. The maximum absolute atomic E-state index is 15.0. The number of allylic oxidation sites excluding steroid dienone is 4. The summed E-state index contributed by atoms with van der Waals surface area (Å²) in [5, 5.41) is 0.298. The van der Waals surface area contributed by atoms with E-state index in [1.807, 2.05) is 6.08 Å². The number of hydrogen-bond donors (Lipinski definition) is 1. The zero-order valence-corrected chi connectivity index (χ0v) is 19.2. The lowest BCUT2D eigenvalue weighted by Gasteiger charge is -2.40. The van der Waals surface area contributed by atoms with Crippen molar-refractivity contribution in [3.05, 3.63) is 23.6 Å². The van der Waals surface area contributed by atoms with Crippen molar-refractivity contribution in [2.45, 2.75) is 76.3 Å². The van der Waals surface area contributed by atoms with Crippen LogP contribution >= 0.6 is 12.6 Å². The van der Waals surface area contributed by atoms with Crippen molar-refractivity contribution in [1.82, 2.24) is 0 Å². The first-order valence-corrected chi connectivity index (χ1v) is 12.6. The highest BCUT2D eigenvalue weighted by Gasteiger charge is 2.36. The molecule has 2 saturated carbocycles. The minimum absolute atomic E-state index is 0.00272. The van der Waals surface area contributed by atoms with Crippen LogP contribution in [0.3, 0.4) is 0 Å². The molecule has 2 atom stereocenters. The molecule has 3 fully saturated rings. The zero-order valence-electron chi connectivity index (χ0n) is 18.3. The first-order valence-electron chi connectivity index (χ1n) is 12.1. The molecule has 0 radical (unpaired) electrons. The Balaban J connectivity index is 1.24. The lowest BCUT2D eigenvalue weighted by Crippen LogP contribution is -2.41. The van der Waals surface area contributed by atoms with Gasteiger partial charge in [-0.2, -0.15) is 12.6 Å². The van der Waals surface area contributed by atoms with E-state index in [1.54, 1.807) is 0 Å². The molecule has 0 aromatic heterocycles. The van der Waals surface area contributed by atoms with Gasteiger partial charge in [-0.05, 0) is 93.1 Å². The molecule has 2 unspecified atom stereocenters. The van der Waals surface area contributed by atoms with Crippen LogP contribution in [0.25, 0.3) is 0 Å². The summed E-state index contributed by atoms with van der Waals surface area (Å²) < 4.78 is 39.8. The second kappa shape index (κ2) is 10.5. The summed E-state index contributed by atoms with van der Waals surface area (Å²) in [6, 6.07) is 0. The summed E-state index contributed by atoms with van der Waals surface area (Å²) in [4.78, 5) is 0. The molecule has 0 amide bonds. The first kappa shape index (κ1) is 22.8. The Morgan fingerprint density at radius 2 is 1.63 bits per heavy atom. The average Bonchev–Trinajstić information content (AvgIpc) is 2.79. The van der Waals surface area contributed by atoms with Gasteiger partial charge in [0, 0.05) is 17.1 Å². The predicted octanol–water partition coefficient (Wildman–Crippen LogP) is 6.68. The van der Waals surface area contributed by atoms with Gasteiger partial charge in [0.2, 0.25) is 0 Å². The molecule has 30 heavy (non-hydrogen) atoms. The van der Waals surface area contributed by atoms with Gasteiger partial charge in [0.05, 0.1) is 19.9 Å². The maximum atomic E-state index is 15.0. The standard InChI is InChI=1S/C25H38F2O2S/c1-16(30)22-14-28-25(29-15-22)20-8-6-18(7-9-20)21-10-11-23(24(27)12-21)19-4-2-17(13-26)3-5-19/h11-12,16-22,25,30H,2-10,13-15H2,1H3. The Kier molecular flexibility index (Phi) is 7.96. The fourth-order valence-corrected chi connectivity index (χ4v) is 6.13. The molecule has 2 nitrogen and oxygen atoms in total. The molecule has 1 heterocycles. The summed E-state index contributed by atoms with van der Waals surface area (Å²) in [6.07, 6.45) is 13.1. The SMILES string of the molecule is CC(S)C1COC(C2CCC(C3C=C(F)C(C4CCC(CF)CC4)=CC3)CC2)OC1. The fraction of sp³-hybridized carbons (Fsp3) is 0.840. The highest BCUT2D eigenvalue weighted by atomic mass is 32.1.